The molecule has 2 atom stereocenters. The fourth-order valence-corrected chi connectivity index (χ4v) is 2.11. The van der Waals surface area contributed by atoms with Crippen LogP contribution < -0.4 is 0 Å². The molecule has 2 heteroatoms. The van der Waals surface area contributed by atoms with Crippen LogP contribution in [0.5, 0.6) is 0 Å². The summed E-state index contributed by atoms with van der Waals surface area (Å²) in [6.07, 6.45) is 1.65. The average Bonchev–Trinajstić information content (AvgIpc) is 2.36. The first kappa shape index (κ1) is 12.0. The van der Waals surface area contributed by atoms with E-state index in [9.17, 15) is 4.79 Å². The van der Waals surface area contributed by atoms with E-state index in [1.54, 1.807) is 6.08 Å². The Morgan fingerprint density at radius 2 is 1.93 bits per heavy atom. The molecule has 0 N–H and O–H groups in total. The Morgan fingerprint density at radius 3 is 2.33 bits per heavy atom. The molecule has 0 amide bonds. The lowest BCUT2D eigenvalue weighted by Crippen LogP contribution is -2.07. The molecule has 0 bridgehead atoms. The van der Waals surface area contributed by atoms with Crippen LogP contribution in [-0.2, 0) is 9.53 Å². The van der Waals surface area contributed by atoms with E-state index in [1.165, 1.54) is 11.1 Å². The largest absolute Gasteiger partial charge is 0.463 e. The van der Waals surface area contributed by atoms with Gasteiger partial charge in [0.2, 0.25) is 0 Å². The van der Waals surface area contributed by atoms with Crippen molar-refractivity contribution in [3.05, 3.63) is 22.8 Å². The highest BCUT2D eigenvalue weighted by molar-refractivity contribution is 5.84. The van der Waals surface area contributed by atoms with Crippen LogP contribution in [0.4, 0.5) is 0 Å². The smallest absolute Gasteiger partial charge is 0.331 e. The normalized spacial score (nSPS) is 28.7. The minimum Gasteiger partial charge on any atom is -0.463 e. The molecule has 0 saturated heterocycles. The van der Waals surface area contributed by atoms with E-state index in [0.717, 1.165) is 5.57 Å². The predicted octanol–water partition coefficient (Wildman–Crippen LogP) is 3.10. The molecular formula is C13H20O2. The summed E-state index contributed by atoms with van der Waals surface area (Å²) >= 11 is 0. The Hall–Kier alpha value is -1.05. The Balaban J connectivity index is 2.92. The maximum Gasteiger partial charge on any atom is 0.331 e. The van der Waals surface area contributed by atoms with Crippen LogP contribution in [0.2, 0.25) is 0 Å². The van der Waals surface area contributed by atoms with E-state index < -0.39 is 0 Å². The molecule has 1 rings (SSSR count). The summed E-state index contributed by atoms with van der Waals surface area (Å²) in [5, 5.41) is 0. The first-order valence-electron chi connectivity index (χ1n) is 5.55. The number of hydrogen-bond donors (Lipinski definition) is 0. The maximum absolute atomic E-state index is 11.4. The third-order valence-electron chi connectivity index (χ3n) is 3.51. The molecule has 0 saturated carbocycles. The molecule has 0 aromatic rings. The summed E-state index contributed by atoms with van der Waals surface area (Å²) in [4.78, 5) is 11.4. The molecule has 0 fully saturated rings. The molecule has 2 unspecified atom stereocenters. The molecule has 1 aliphatic rings. The van der Waals surface area contributed by atoms with Crippen LogP contribution in [0.25, 0.3) is 0 Å². The van der Waals surface area contributed by atoms with Crippen LogP contribution in [0.3, 0.4) is 0 Å². The van der Waals surface area contributed by atoms with Crippen molar-refractivity contribution in [3.8, 4) is 0 Å². The van der Waals surface area contributed by atoms with Crippen molar-refractivity contribution in [1.29, 1.82) is 0 Å². The number of carbonyl (C=O) groups is 1. The average molecular weight is 208 g/mol. The van der Waals surface area contributed by atoms with E-state index >= 15 is 0 Å². The van der Waals surface area contributed by atoms with Gasteiger partial charge in [0.1, 0.15) is 0 Å². The van der Waals surface area contributed by atoms with Gasteiger partial charge in [0, 0.05) is 6.08 Å². The van der Waals surface area contributed by atoms with E-state index in [1.807, 2.05) is 6.92 Å². The van der Waals surface area contributed by atoms with Crippen LogP contribution >= 0.6 is 0 Å². The lowest BCUT2D eigenvalue weighted by Gasteiger charge is -2.12. The number of carbonyl (C=O) groups excluding carboxylic acids is 1. The molecule has 2 nitrogen and oxygen atoms in total. The van der Waals surface area contributed by atoms with Crippen LogP contribution in [-0.4, -0.2) is 12.6 Å². The van der Waals surface area contributed by atoms with Crippen molar-refractivity contribution in [2.24, 2.45) is 11.8 Å². The molecule has 0 radical (unpaired) electrons. The fourth-order valence-electron chi connectivity index (χ4n) is 2.11. The first-order valence-corrected chi connectivity index (χ1v) is 5.55. The Kier molecular flexibility index (Phi) is 3.72. The van der Waals surface area contributed by atoms with Gasteiger partial charge in [-0.1, -0.05) is 19.4 Å². The van der Waals surface area contributed by atoms with Gasteiger partial charge in [-0.3, -0.25) is 0 Å². The van der Waals surface area contributed by atoms with Gasteiger partial charge in [0.25, 0.3) is 0 Å². The zero-order chi connectivity index (χ0) is 11.6. The van der Waals surface area contributed by atoms with E-state index in [2.05, 4.69) is 27.7 Å². The van der Waals surface area contributed by atoms with Gasteiger partial charge in [-0.05, 0) is 43.8 Å². The third kappa shape index (κ3) is 2.31. The lowest BCUT2D eigenvalue weighted by molar-refractivity contribution is -0.137. The van der Waals surface area contributed by atoms with Gasteiger partial charge in [0.05, 0.1) is 6.61 Å². The first-order chi connectivity index (χ1) is 6.99. The van der Waals surface area contributed by atoms with Crippen LogP contribution in [0.15, 0.2) is 22.8 Å². The zero-order valence-electron chi connectivity index (χ0n) is 10.3. The third-order valence-corrected chi connectivity index (χ3v) is 3.51. The van der Waals surface area contributed by atoms with Crippen molar-refractivity contribution in [2.45, 2.75) is 34.6 Å². The van der Waals surface area contributed by atoms with Crippen molar-refractivity contribution >= 4 is 5.97 Å². The number of hydrogen-bond acceptors (Lipinski definition) is 2. The van der Waals surface area contributed by atoms with Crippen molar-refractivity contribution in [1.82, 2.24) is 0 Å². The Morgan fingerprint density at radius 1 is 1.33 bits per heavy atom. The van der Waals surface area contributed by atoms with Gasteiger partial charge in [0.15, 0.2) is 0 Å². The van der Waals surface area contributed by atoms with Gasteiger partial charge in [-0.15, -0.1) is 0 Å². The molecule has 0 spiro atoms. The highest BCUT2D eigenvalue weighted by atomic mass is 16.5. The van der Waals surface area contributed by atoms with Crippen molar-refractivity contribution < 1.29 is 9.53 Å². The summed E-state index contributed by atoms with van der Waals surface area (Å²) in [5.41, 5.74) is 3.78. The minimum absolute atomic E-state index is 0.222. The monoisotopic (exact) mass is 208 g/mol. The summed E-state index contributed by atoms with van der Waals surface area (Å²) in [7, 11) is 0. The quantitative estimate of drug-likeness (QED) is 0.515. The van der Waals surface area contributed by atoms with Gasteiger partial charge < -0.3 is 4.74 Å². The maximum atomic E-state index is 11.4. The summed E-state index contributed by atoms with van der Waals surface area (Å²) in [6.45, 7) is 10.9. The minimum atomic E-state index is -0.222. The standard InChI is InChI=1S/C13H20O2/c1-6-15-13(14)7-12-10(4)8(2)9(3)11(12)5/h7-8,10H,6H2,1-5H3/b12-7+. The highest BCUT2D eigenvalue weighted by Crippen LogP contribution is 2.40. The SMILES string of the molecule is CCOC(=O)/C=C1/C(C)=C(C)C(C)C1C. The summed E-state index contributed by atoms with van der Waals surface area (Å²) < 4.78 is 4.93. The van der Waals surface area contributed by atoms with Gasteiger partial charge in [-0.2, -0.15) is 0 Å². The number of rotatable bonds is 2. The van der Waals surface area contributed by atoms with Gasteiger partial charge in [-0.25, -0.2) is 4.79 Å². The second-order valence-electron chi connectivity index (χ2n) is 4.24. The van der Waals surface area contributed by atoms with E-state index in [-0.39, 0.29) is 5.97 Å². The molecule has 0 aliphatic heterocycles. The number of ether oxygens (including phenoxy) is 1. The molecular weight excluding hydrogens is 188 g/mol. The zero-order valence-corrected chi connectivity index (χ0v) is 10.3. The molecule has 15 heavy (non-hydrogen) atoms. The summed E-state index contributed by atoms with van der Waals surface area (Å²) in [6, 6.07) is 0. The topological polar surface area (TPSA) is 26.3 Å². The highest BCUT2D eigenvalue weighted by Gasteiger charge is 2.28. The summed E-state index contributed by atoms with van der Waals surface area (Å²) in [5.74, 6) is 0.737. The Bertz CT molecular complexity index is 323. The second kappa shape index (κ2) is 4.65. The lowest BCUT2D eigenvalue weighted by atomic mass is 9.92. The predicted molar refractivity (Wildman–Crippen MR) is 61.4 cm³/mol. The van der Waals surface area contributed by atoms with Crippen molar-refractivity contribution in [2.75, 3.05) is 6.61 Å². The van der Waals surface area contributed by atoms with E-state index in [4.69, 9.17) is 4.74 Å². The van der Waals surface area contributed by atoms with Gasteiger partial charge >= 0.3 is 5.97 Å². The van der Waals surface area contributed by atoms with Crippen molar-refractivity contribution in [3.63, 3.8) is 0 Å². The Labute approximate surface area is 92.0 Å². The molecule has 0 aromatic carbocycles. The number of esters is 1. The molecule has 84 valence electrons. The molecule has 1 aliphatic carbocycles. The van der Waals surface area contributed by atoms with Crippen LogP contribution in [0, 0.1) is 11.8 Å². The van der Waals surface area contributed by atoms with Crippen LogP contribution in [0.1, 0.15) is 34.6 Å². The molecule has 0 aromatic heterocycles. The fraction of sp³-hybridized carbons (Fsp3) is 0.615. The van der Waals surface area contributed by atoms with E-state index in [0.29, 0.717) is 18.4 Å². The second-order valence-corrected chi connectivity index (χ2v) is 4.24. The number of allylic oxidation sites excluding steroid dienone is 3. The molecule has 0 heterocycles.